The Hall–Kier alpha value is -1.39. The van der Waals surface area contributed by atoms with Crippen LogP contribution in [0, 0.1) is 0 Å². The molecule has 0 radical (unpaired) electrons. The zero-order chi connectivity index (χ0) is 19.4. The number of carbonyl (C=O) groups excluding carboxylic acids is 1. The first-order valence-electron chi connectivity index (χ1n) is 9.08. The molecule has 150 valence electrons. The fraction of sp³-hybridized carbons (Fsp3) is 0.588. The van der Waals surface area contributed by atoms with Crippen LogP contribution in [0.1, 0.15) is 38.5 Å². The third kappa shape index (κ3) is 4.55. The Labute approximate surface area is 164 Å². The number of rotatable bonds is 5. The van der Waals surface area contributed by atoms with Gasteiger partial charge in [-0.05, 0) is 56.4 Å². The quantitative estimate of drug-likeness (QED) is 0.564. The predicted octanol–water partition coefficient (Wildman–Crippen LogP) is 2.14. The molecule has 8 nitrogen and oxygen atoms in total. The summed E-state index contributed by atoms with van der Waals surface area (Å²) in [6.45, 7) is 0.565. The van der Waals surface area contributed by atoms with E-state index in [-0.39, 0.29) is 6.54 Å². The first-order valence-corrected chi connectivity index (χ1v) is 10.9. The van der Waals surface area contributed by atoms with Gasteiger partial charge in [0, 0.05) is 18.1 Å². The smallest absolute Gasteiger partial charge is 0.285 e. The van der Waals surface area contributed by atoms with Crippen LogP contribution in [-0.4, -0.2) is 53.5 Å². The molecule has 2 N–H and O–H groups in total. The van der Waals surface area contributed by atoms with E-state index in [1.807, 2.05) is 0 Å². The molecule has 2 heterocycles. The molecule has 1 amide bonds. The van der Waals surface area contributed by atoms with Gasteiger partial charge in [-0.15, -0.1) is 0 Å². The van der Waals surface area contributed by atoms with Crippen molar-refractivity contribution < 1.29 is 23.2 Å². The van der Waals surface area contributed by atoms with Gasteiger partial charge < -0.3 is 4.74 Å². The second-order valence-corrected chi connectivity index (χ2v) is 9.01. The molecule has 2 saturated heterocycles. The lowest BCUT2D eigenvalue weighted by Gasteiger charge is -2.41. The number of carbonyl (C=O) groups is 1. The molecule has 0 aliphatic carbocycles. The topological polar surface area (TPSA) is 99.2 Å². The van der Waals surface area contributed by atoms with Crippen molar-refractivity contribution in [2.45, 2.75) is 50.8 Å². The van der Waals surface area contributed by atoms with Crippen LogP contribution < -0.4 is 10.2 Å². The van der Waals surface area contributed by atoms with Crippen LogP contribution in [0.15, 0.2) is 24.3 Å². The molecular weight excluding hydrogens is 394 g/mol. The number of nitrogens with one attached hydrogen (secondary N) is 1. The van der Waals surface area contributed by atoms with Crippen molar-refractivity contribution in [2.24, 2.45) is 0 Å². The standard InChI is InChI=1S/C17H24ClN3O5S/c18-13-7-9-14(10-8-13)26-16-6-2-4-12-21(16)27(24,25)20-11-3-1-5-15(20)17(22)19-23/h7-10,15-16,23H,1-6,11-12H2,(H,19,22). The van der Waals surface area contributed by atoms with Gasteiger partial charge in [-0.1, -0.05) is 18.0 Å². The number of hydrogen-bond donors (Lipinski definition) is 2. The molecule has 0 bridgehead atoms. The van der Waals surface area contributed by atoms with E-state index in [2.05, 4.69) is 0 Å². The number of ether oxygens (including phenoxy) is 1. The summed E-state index contributed by atoms with van der Waals surface area (Å²) in [5, 5.41) is 9.55. The minimum atomic E-state index is -3.92. The summed E-state index contributed by atoms with van der Waals surface area (Å²) in [6.07, 6.45) is 3.27. The number of nitrogens with zero attached hydrogens (tertiary/aromatic N) is 2. The molecule has 0 aromatic heterocycles. The highest BCUT2D eigenvalue weighted by atomic mass is 35.5. The summed E-state index contributed by atoms with van der Waals surface area (Å²) < 4.78 is 35.1. The molecule has 2 aliphatic heterocycles. The first kappa shape index (κ1) is 20.3. The maximum absolute atomic E-state index is 13.3. The molecule has 27 heavy (non-hydrogen) atoms. The third-order valence-electron chi connectivity index (χ3n) is 4.95. The lowest BCUT2D eigenvalue weighted by Crippen LogP contribution is -2.59. The average molecular weight is 418 g/mol. The highest BCUT2D eigenvalue weighted by Crippen LogP contribution is 2.29. The number of hydroxylamine groups is 1. The summed E-state index contributed by atoms with van der Waals surface area (Å²) in [7, 11) is -3.92. The van der Waals surface area contributed by atoms with Crippen LogP contribution in [0.3, 0.4) is 0 Å². The maximum atomic E-state index is 13.3. The highest BCUT2D eigenvalue weighted by Gasteiger charge is 2.43. The lowest BCUT2D eigenvalue weighted by molar-refractivity contribution is -0.134. The normalized spacial score (nSPS) is 25.1. The van der Waals surface area contributed by atoms with Gasteiger partial charge in [-0.2, -0.15) is 17.0 Å². The zero-order valence-corrected chi connectivity index (χ0v) is 16.5. The number of benzene rings is 1. The highest BCUT2D eigenvalue weighted by molar-refractivity contribution is 7.86. The van der Waals surface area contributed by atoms with E-state index < -0.39 is 28.4 Å². The Morgan fingerprint density at radius 1 is 1.07 bits per heavy atom. The van der Waals surface area contributed by atoms with Crippen LogP contribution >= 0.6 is 11.6 Å². The van der Waals surface area contributed by atoms with Gasteiger partial charge in [-0.25, -0.2) is 5.48 Å². The van der Waals surface area contributed by atoms with Gasteiger partial charge in [0.05, 0.1) is 0 Å². The summed E-state index contributed by atoms with van der Waals surface area (Å²) >= 11 is 5.89. The van der Waals surface area contributed by atoms with E-state index in [9.17, 15) is 13.2 Å². The Bertz CT molecular complexity index is 758. The fourth-order valence-corrected chi connectivity index (χ4v) is 5.66. The molecule has 2 atom stereocenters. The SMILES string of the molecule is O=C(NO)C1CCCCN1S(=O)(=O)N1CCCCC1Oc1ccc(Cl)cc1. The summed E-state index contributed by atoms with van der Waals surface area (Å²) in [5.41, 5.74) is 1.59. The van der Waals surface area contributed by atoms with Crippen molar-refractivity contribution in [1.82, 2.24) is 14.1 Å². The molecule has 2 aliphatic rings. The second-order valence-electron chi connectivity index (χ2n) is 6.74. The fourth-order valence-electron chi connectivity index (χ4n) is 3.58. The third-order valence-corrected chi connectivity index (χ3v) is 7.24. The van der Waals surface area contributed by atoms with Crippen molar-refractivity contribution in [3.05, 3.63) is 29.3 Å². The first-order chi connectivity index (χ1) is 12.9. The minimum Gasteiger partial charge on any atom is -0.474 e. The van der Waals surface area contributed by atoms with E-state index in [1.165, 1.54) is 8.61 Å². The summed E-state index contributed by atoms with van der Waals surface area (Å²) in [6, 6.07) is 5.86. The molecule has 0 saturated carbocycles. The van der Waals surface area contributed by atoms with Gasteiger partial charge >= 0.3 is 0 Å². The molecule has 0 spiro atoms. The van der Waals surface area contributed by atoms with E-state index in [0.29, 0.717) is 36.6 Å². The van der Waals surface area contributed by atoms with Crippen LogP contribution in [-0.2, 0) is 15.0 Å². The van der Waals surface area contributed by atoms with Crippen LogP contribution in [0.5, 0.6) is 5.75 Å². The minimum absolute atomic E-state index is 0.241. The molecule has 2 unspecified atom stereocenters. The van der Waals surface area contributed by atoms with Gasteiger partial charge in [0.15, 0.2) is 6.23 Å². The second kappa shape index (κ2) is 8.74. The number of amides is 1. The van der Waals surface area contributed by atoms with E-state index >= 15 is 0 Å². The molecule has 1 aromatic carbocycles. The van der Waals surface area contributed by atoms with Gasteiger partial charge in [0.2, 0.25) is 0 Å². The Morgan fingerprint density at radius 2 is 1.70 bits per heavy atom. The molecule has 3 rings (SSSR count). The van der Waals surface area contributed by atoms with Gasteiger partial charge in [0.25, 0.3) is 16.1 Å². The molecule has 2 fully saturated rings. The molecule has 1 aromatic rings. The van der Waals surface area contributed by atoms with Crippen LogP contribution in [0.2, 0.25) is 5.02 Å². The summed E-state index contributed by atoms with van der Waals surface area (Å²) in [5.74, 6) is -0.166. The Morgan fingerprint density at radius 3 is 2.37 bits per heavy atom. The monoisotopic (exact) mass is 417 g/mol. The summed E-state index contributed by atoms with van der Waals surface area (Å²) in [4.78, 5) is 12.0. The largest absolute Gasteiger partial charge is 0.474 e. The van der Waals surface area contributed by atoms with Crippen LogP contribution in [0.4, 0.5) is 0 Å². The van der Waals surface area contributed by atoms with Crippen molar-refractivity contribution in [3.8, 4) is 5.75 Å². The predicted molar refractivity (Wildman–Crippen MR) is 99.6 cm³/mol. The van der Waals surface area contributed by atoms with Crippen molar-refractivity contribution in [1.29, 1.82) is 0 Å². The van der Waals surface area contributed by atoms with E-state index in [0.717, 1.165) is 19.3 Å². The van der Waals surface area contributed by atoms with Gasteiger partial charge in [0.1, 0.15) is 11.8 Å². The maximum Gasteiger partial charge on any atom is 0.285 e. The Balaban J connectivity index is 1.83. The van der Waals surface area contributed by atoms with Crippen molar-refractivity contribution in [2.75, 3.05) is 13.1 Å². The van der Waals surface area contributed by atoms with Crippen molar-refractivity contribution in [3.63, 3.8) is 0 Å². The number of hydrogen-bond acceptors (Lipinski definition) is 5. The average Bonchev–Trinajstić information content (AvgIpc) is 2.69. The molecule has 10 heteroatoms. The Kier molecular flexibility index (Phi) is 6.59. The molecular formula is C17H24ClN3O5S. The van der Waals surface area contributed by atoms with Crippen LogP contribution in [0.25, 0.3) is 0 Å². The zero-order valence-electron chi connectivity index (χ0n) is 14.9. The van der Waals surface area contributed by atoms with E-state index in [4.69, 9.17) is 21.5 Å². The van der Waals surface area contributed by atoms with Crippen molar-refractivity contribution >= 4 is 27.7 Å². The lowest BCUT2D eigenvalue weighted by atomic mass is 10.0. The van der Waals surface area contributed by atoms with E-state index in [1.54, 1.807) is 29.7 Å². The number of piperidine rings is 2. The number of halogens is 1. The van der Waals surface area contributed by atoms with Gasteiger partial charge in [-0.3, -0.25) is 10.0 Å².